The quantitative estimate of drug-likeness (QED) is 0.589. The van der Waals surface area contributed by atoms with Crippen LogP contribution in [0.5, 0.6) is 0 Å². The first kappa shape index (κ1) is 16.5. The van der Waals surface area contributed by atoms with Gasteiger partial charge in [-0.3, -0.25) is 0 Å². The Kier molecular flexibility index (Phi) is 5.91. The Bertz CT molecular complexity index is 626. The minimum atomic E-state index is -0.928. The Morgan fingerprint density at radius 2 is 1.18 bits per heavy atom. The maximum Gasteiger partial charge on any atom is 0.335 e. The molecular weight excluding hydrogens is 320 g/mol. The molecule has 0 saturated carbocycles. The molecule has 0 fully saturated rings. The molecule has 0 atom stereocenters. The van der Waals surface area contributed by atoms with Crippen molar-refractivity contribution in [2.75, 3.05) is 11.5 Å². The minimum Gasteiger partial charge on any atom is -0.478 e. The number of carboxylic acids is 2. The summed E-state index contributed by atoms with van der Waals surface area (Å²) in [5.41, 5.74) is 0.568. The monoisotopic (exact) mass is 334 g/mol. The molecule has 2 aromatic rings. The van der Waals surface area contributed by atoms with Gasteiger partial charge in [-0.15, -0.1) is 23.5 Å². The van der Waals surface area contributed by atoms with E-state index in [0.29, 0.717) is 0 Å². The van der Waals surface area contributed by atoms with Crippen molar-refractivity contribution in [2.45, 2.75) is 9.79 Å². The number of hydrogen-bond acceptors (Lipinski definition) is 4. The highest BCUT2D eigenvalue weighted by Crippen LogP contribution is 2.24. The first-order valence-electron chi connectivity index (χ1n) is 6.48. The highest BCUT2D eigenvalue weighted by Gasteiger charge is 2.05. The normalized spacial score (nSPS) is 10.4. The lowest BCUT2D eigenvalue weighted by molar-refractivity contribution is 0.0685. The highest BCUT2D eigenvalue weighted by atomic mass is 32.2. The highest BCUT2D eigenvalue weighted by molar-refractivity contribution is 8.03. The molecular formula is C16H14O4S2. The van der Waals surface area contributed by atoms with E-state index in [1.54, 1.807) is 59.9 Å². The molecule has 4 nitrogen and oxygen atoms in total. The molecule has 22 heavy (non-hydrogen) atoms. The van der Waals surface area contributed by atoms with Crippen LogP contribution in [0.2, 0.25) is 0 Å². The van der Waals surface area contributed by atoms with Gasteiger partial charge in [0.1, 0.15) is 0 Å². The molecule has 0 amide bonds. The van der Waals surface area contributed by atoms with Crippen molar-refractivity contribution in [3.8, 4) is 0 Å². The third-order valence-corrected chi connectivity index (χ3v) is 5.03. The zero-order valence-corrected chi connectivity index (χ0v) is 13.2. The van der Waals surface area contributed by atoms with Crippen LogP contribution in [0.15, 0.2) is 58.3 Å². The fourth-order valence-electron chi connectivity index (χ4n) is 1.76. The Morgan fingerprint density at radius 3 is 1.55 bits per heavy atom. The van der Waals surface area contributed by atoms with Crippen molar-refractivity contribution in [3.63, 3.8) is 0 Å². The minimum absolute atomic E-state index is 0.284. The van der Waals surface area contributed by atoms with Crippen LogP contribution in [0.3, 0.4) is 0 Å². The summed E-state index contributed by atoms with van der Waals surface area (Å²) >= 11 is 3.16. The summed E-state index contributed by atoms with van der Waals surface area (Å²) in [6.07, 6.45) is 0. The van der Waals surface area contributed by atoms with Gasteiger partial charge in [0.25, 0.3) is 0 Å². The Balaban J connectivity index is 1.84. The van der Waals surface area contributed by atoms with Crippen molar-refractivity contribution >= 4 is 35.5 Å². The molecule has 0 bridgehead atoms. The fourth-order valence-corrected chi connectivity index (χ4v) is 3.67. The average Bonchev–Trinajstić information content (AvgIpc) is 2.52. The Labute approximate surface area is 136 Å². The third-order valence-electron chi connectivity index (χ3n) is 2.78. The number of aromatic carboxylic acids is 2. The van der Waals surface area contributed by atoms with Crippen molar-refractivity contribution in [2.24, 2.45) is 0 Å². The second-order valence-electron chi connectivity index (χ2n) is 4.36. The van der Waals surface area contributed by atoms with Crippen molar-refractivity contribution < 1.29 is 19.8 Å². The molecule has 2 rings (SSSR count). The number of rotatable bonds is 7. The second-order valence-corrected chi connectivity index (χ2v) is 6.70. The summed E-state index contributed by atoms with van der Waals surface area (Å²) in [7, 11) is 0. The lowest BCUT2D eigenvalue weighted by atomic mass is 10.2. The van der Waals surface area contributed by atoms with E-state index in [1.165, 1.54) is 0 Å². The molecule has 114 valence electrons. The average molecular weight is 334 g/mol. The predicted octanol–water partition coefficient (Wildman–Crippen LogP) is 3.97. The van der Waals surface area contributed by atoms with Gasteiger partial charge in [-0.2, -0.15) is 0 Å². The maximum absolute atomic E-state index is 10.9. The molecule has 0 heterocycles. The van der Waals surface area contributed by atoms with Crippen molar-refractivity contribution in [3.05, 3.63) is 59.7 Å². The van der Waals surface area contributed by atoms with E-state index in [0.717, 1.165) is 21.3 Å². The molecule has 2 N–H and O–H groups in total. The summed E-state index contributed by atoms with van der Waals surface area (Å²) in [4.78, 5) is 23.6. The molecule has 0 radical (unpaired) electrons. The van der Waals surface area contributed by atoms with Gasteiger partial charge in [0.05, 0.1) is 11.1 Å². The first-order valence-corrected chi connectivity index (χ1v) is 8.45. The number of carbonyl (C=O) groups is 2. The lowest BCUT2D eigenvalue weighted by Gasteiger charge is -2.04. The van der Waals surface area contributed by atoms with E-state index in [2.05, 4.69) is 0 Å². The van der Waals surface area contributed by atoms with Gasteiger partial charge < -0.3 is 10.2 Å². The van der Waals surface area contributed by atoms with Crippen LogP contribution < -0.4 is 0 Å². The predicted molar refractivity (Wildman–Crippen MR) is 88.3 cm³/mol. The zero-order chi connectivity index (χ0) is 15.9. The van der Waals surface area contributed by atoms with Gasteiger partial charge in [-0.25, -0.2) is 9.59 Å². The Hall–Kier alpha value is -1.92. The summed E-state index contributed by atoms with van der Waals surface area (Å²) < 4.78 is 0. The van der Waals surface area contributed by atoms with Gasteiger partial charge in [-0.05, 0) is 36.4 Å². The van der Waals surface area contributed by atoms with E-state index in [9.17, 15) is 9.59 Å². The second kappa shape index (κ2) is 7.91. The molecule has 0 spiro atoms. The van der Waals surface area contributed by atoms with Crippen LogP contribution in [-0.2, 0) is 0 Å². The summed E-state index contributed by atoms with van der Waals surface area (Å²) in [5, 5.41) is 17.9. The lowest BCUT2D eigenvalue weighted by Crippen LogP contribution is -1.96. The van der Waals surface area contributed by atoms with Gasteiger partial charge >= 0.3 is 11.9 Å². The number of benzene rings is 2. The fraction of sp³-hybridized carbons (Fsp3) is 0.125. The smallest absolute Gasteiger partial charge is 0.335 e. The van der Waals surface area contributed by atoms with E-state index in [-0.39, 0.29) is 11.1 Å². The van der Waals surface area contributed by atoms with Gasteiger partial charge in [0.15, 0.2) is 0 Å². The van der Waals surface area contributed by atoms with Crippen LogP contribution >= 0.6 is 23.5 Å². The zero-order valence-electron chi connectivity index (χ0n) is 11.6. The third kappa shape index (κ3) is 4.82. The van der Waals surface area contributed by atoms with E-state index in [1.807, 2.05) is 12.1 Å². The van der Waals surface area contributed by atoms with Gasteiger partial charge in [0, 0.05) is 21.3 Å². The largest absolute Gasteiger partial charge is 0.478 e. The molecule has 2 aromatic carbocycles. The number of hydrogen-bond donors (Lipinski definition) is 2. The van der Waals surface area contributed by atoms with E-state index in [4.69, 9.17) is 10.2 Å². The van der Waals surface area contributed by atoms with E-state index < -0.39 is 11.9 Å². The maximum atomic E-state index is 10.9. The summed E-state index contributed by atoms with van der Waals surface area (Å²) in [6.45, 7) is 0. The summed E-state index contributed by atoms with van der Waals surface area (Å²) in [5.74, 6) is -0.236. The van der Waals surface area contributed by atoms with Crippen molar-refractivity contribution in [1.82, 2.24) is 0 Å². The van der Waals surface area contributed by atoms with Crippen LogP contribution in [0.1, 0.15) is 20.7 Å². The van der Waals surface area contributed by atoms with Gasteiger partial charge in [0.2, 0.25) is 0 Å². The van der Waals surface area contributed by atoms with E-state index >= 15 is 0 Å². The standard InChI is InChI=1S/C16H14O4S2/c17-15(18)11-3-1-5-13(9-11)21-7-8-22-14-6-2-4-12(10-14)16(19)20/h1-6,9-10H,7-8H2,(H,17,18)(H,19,20). The topological polar surface area (TPSA) is 74.6 Å². The molecule has 0 aromatic heterocycles. The van der Waals surface area contributed by atoms with Crippen LogP contribution in [0, 0.1) is 0 Å². The first-order chi connectivity index (χ1) is 10.6. The summed E-state index contributed by atoms with van der Waals surface area (Å²) in [6, 6.07) is 13.7. The molecule has 0 aliphatic carbocycles. The molecule has 6 heteroatoms. The molecule has 0 aliphatic rings. The molecule has 0 saturated heterocycles. The molecule has 0 unspecified atom stereocenters. The van der Waals surface area contributed by atoms with Crippen LogP contribution in [0.25, 0.3) is 0 Å². The van der Waals surface area contributed by atoms with Crippen LogP contribution in [-0.4, -0.2) is 33.7 Å². The van der Waals surface area contributed by atoms with Gasteiger partial charge in [-0.1, -0.05) is 12.1 Å². The number of carboxylic acid groups (broad SMARTS) is 2. The van der Waals surface area contributed by atoms with Crippen molar-refractivity contribution in [1.29, 1.82) is 0 Å². The van der Waals surface area contributed by atoms with Crippen LogP contribution in [0.4, 0.5) is 0 Å². The molecule has 0 aliphatic heterocycles. The SMILES string of the molecule is O=C(O)c1cccc(SCCSc2cccc(C(=O)O)c2)c1. The number of thioether (sulfide) groups is 2. The Morgan fingerprint density at radius 1 is 0.773 bits per heavy atom.